The number of piperazine rings is 1. The van der Waals surface area contributed by atoms with Gasteiger partial charge in [0.2, 0.25) is 5.75 Å². The van der Waals surface area contributed by atoms with Crippen molar-refractivity contribution in [3.05, 3.63) is 46.3 Å². The molecule has 2 aromatic heterocycles. The summed E-state index contributed by atoms with van der Waals surface area (Å²) in [5.74, 6) is 1.36. The van der Waals surface area contributed by atoms with Gasteiger partial charge in [0, 0.05) is 44.8 Å². The number of ether oxygens (including phenoxy) is 3. The Hall–Kier alpha value is -3.57. The molecule has 35 heavy (non-hydrogen) atoms. The predicted molar refractivity (Wildman–Crippen MR) is 133 cm³/mol. The largest absolute Gasteiger partial charge is 0.493 e. The molecule has 186 valence electrons. The van der Waals surface area contributed by atoms with Crippen LogP contribution in [0.3, 0.4) is 0 Å². The first-order valence-electron chi connectivity index (χ1n) is 11.2. The first-order valence-corrected chi connectivity index (χ1v) is 12.1. The van der Waals surface area contributed by atoms with Gasteiger partial charge >= 0.3 is 0 Å². The van der Waals surface area contributed by atoms with Crippen molar-refractivity contribution in [1.29, 1.82) is 0 Å². The van der Waals surface area contributed by atoms with Gasteiger partial charge in [0.25, 0.3) is 11.8 Å². The maximum absolute atomic E-state index is 12.6. The van der Waals surface area contributed by atoms with E-state index in [1.54, 1.807) is 39.5 Å². The number of nitrogens with one attached hydrogen (secondary N) is 2. The molecule has 0 saturated carbocycles. The minimum absolute atomic E-state index is 0.0927. The molecule has 0 bridgehead atoms. The molecule has 1 aliphatic rings. The molecule has 2 amide bonds. The van der Waals surface area contributed by atoms with Crippen LogP contribution in [0.1, 0.15) is 20.2 Å². The minimum Gasteiger partial charge on any atom is -0.493 e. The monoisotopic (exact) mass is 499 g/mol. The fourth-order valence-electron chi connectivity index (χ4n) is 3.97. The van der Waals surface area contributed by atoms with Crippen LogP contribution >= 0.6 is 11.3 Å². The summed E-state index contributed by atoms with van der Waals surface area (Å²) >= 11 is 1.47. The lowest BCUT2D eigenvalue weighted by Crippen LogP contribution is -2.50. The Kier molecular flexibility index (Phi) is 7.88. The number of hydrogen-bond acceptors (Lipinski definition) is 8. The quantitative estimate of drug-likeness (QED) is 0.465. The number of aromatic nitrogens is 2. The first kappa shape index (κ1) is 24.6. The van der Waals surface area contributed by atoms with Gasteiger partial charge < -0.3 is 24.4 Å². The van der Waals surface area contributed by atoms with E-state index in [4.69, 9.17) is 14.2 Å². The number of rotatable bonds is 9. The van der Waals surface area contributed by atoms with Crippen molar-refractivity contribution < 1.29 is 23.8 Å². The second kappa shape index (κ2) is 11.2. The van der Waals surface area contributed by atoms with Gasteiger partial charge in [-0.15, -0.1) is 11.3 Å². The van der Waals surface area contributed by atoms with Crippen molar-refractivity contribution in [2.75, 3.05) is 60.6 Å². The summed E-state index contributed by atoms with van der Waals surface area (Å²) in [6, 6.07) is 9.00. The summed E-state index contributed by atoms with van der Waals surface area (Å²) in [6.07, 6.45) is 0. The summed E-state index contributed by atoms with van der Waals surface area (Å²) in [5.41, 5.74) is 1.67. The molecular formula is C24H29N5O5S. The highest BCUT2D eigenvalue weighted by atomic mass is 32.1. The predicted octanol–water partition coefficient (Wildman–Crippen LogP) is 2.35. The number of benzene rings is 1. The number of methoxy groups -OCH3 is 3. The zero-order valence-electron chi connectivity index (χ0n) is 20.0. The van der Waals surface area contributed by atoms with Gasteiger partial charge in [-0.25, -0.2) is 0 Å². The molecule has 1 aliphatic heterocycles. The van der Waals surface area contributed by atoms with Crippen molar-refractivity contribution in [1.82, 2.24) is 25.3 Å². The minimum atomic E-state index is -0.234. The first-order chi connectivity index (χ1) is 17.0. The molecule has 4 rings (SSSR count). The van der Waals surface area contributed by atoms with Crippen molar-refractivity contribution >= 4 is 23.2 Å². The fourth-order valence-corrected chi connectivity index (χ4v) is 4.66. The Morgan fingerprint density at radius 1 is 1.06 bits per heavy atom. The van der Waals surface area contributed by atoms with Crippen molar-refractivity contribution in [3.63, 3.8) is 0 Å². The molecule has 10 nitrogen and oxygen atoms in total. The third-order valence-electron chi connectivity index (χ3n) is 5.89. The average Bonchev–Trinajstić information content (AvgIpc) is 3.61. The molecule has 0 radical (unpaired) electrons. The lowest BCUT2D eigenvalue weighted by molar-refractivity contribution is 0.0642. The van der Waals surface area contributed by atoms with E-state index in [-0.39, 0.29) is 11.8 Å². The van der Waals surface area contributed by atoms with Gasteiger partial charge in [-0.3, -0.25) is 19.6 Å². The average molecular weight is 500 g/mol. The topological polar surface area (TPSA) is 109 Å². The molecule has 11 heteroatoms. The van der Waals surface area contributed by atoms with Crippen LogP contribution in [0.2, 0.25) is 0 Å². The highest BCUT2D eigenvalue weighted by Gasteiger charge is 2.23. The number of carbonyl (C=O) groups excluding carboxylic acids is 2. The van der Waals surface area contributed by atoms with Crippen molar-refractivity contribution in [2.24, 2.45) is 0 Å². The Balaban J connectivity index is 1.28. The van der Waals surface area contributed by atoms with E-state index < -0.39 is 0 Å². The molecule has 3 aromatic rings. The highest BCUT2D eigenvalue weighted by Crippen LogP contribution is 2.40. The van der Waals surface area contributed by atoms with Crippen molar-refractivity contribution in [3.8, 4) is 28.5 Å². The fraction of sp³-hybridized carbons (Fsp3) is 0.375. The summed E-state index contributed by atoms with van der Waals surface area (Å²) in [5, 5.41) is 11.9. The molecule has 2 N–H and O–H groups in total. The lowest BCUT2D eigenvalue weighted by Gasteiger charge is -2.34. The molecule has 0 atom stereocenters. The van der Waals surface area contributed by atoms with Gasteiger partial charge in [-0.2, -0.15) is 5.10 Å². The van der Waals surface area contributed by atoms with Gasteiger partial charge in [-0.05, 0) is 29.6 Å². The second-order valence-corrected chi connectivity index (χ2v) is 8.90. The van der Waals surface area contributed by atoms with E-state index in [9.17, 15) is 9.59 Å². The van der Waals surface area contributed by atoms with Crippen LogP contribution in [-0.4, -0.2) is 92.4 Å². The molecule has 1 saturated heterocycles. The van der Waals surface area contributed by atoms with Crippen molar-refractivity contribution in [2.45, 2.75) is 0 Å². The van der Waals surface area contributed by atoms with E-state index in [1.807, 2.05) is 22.4 Å². The van der Waals surface area contributed by atoms with Gasteiger partial charge in [0.1, 0.15) is 5.69 Å². The molecule has 1 aromatic carbocycles. The summed E-state index contributed by atoms with van der Waals surface area (Å²) in [6.45, 7) is 4.13. The van der Waals surface area contributed by atoms with E-state index in [0.29, 0.717) is 54.8 Å². The molecule has 1 fully saturated rings. The lowest BCUT2D eigenvalue weighted by atomic mass is 10.1. The van der Waals surface area contributed by atoms with Gasteiger partial charge in [0.05, 0.1) is 31.9 Å². The number of hydrogen-bond donors (Lipinski definition) is 2. The van der Waals surface area contributed by atoms with Crippen LogP contribution in [0.4, 0.5) is 0 Å². The standard InChI is InChI=1S/C24H29N5O5S/c1-32-19-13-16(14-20(33-2)22(19)34-3)17-15-18(27-26-17)23(30)25-6-7-28-8-10-29(11-9-28)24(31)21-5-4-12-35-21/h4-5,12-15H,6-11H2,1-3H3,(H,25,30)(H,26,27). The number of H-pyrrole nitrogens is 1. The van der Waals surface area contributed by atoms with Crippen LogP contribution < -0.4 is 19.5 Å². The Morgan fingerprint density at radius 2 is 1.77 bits per heavy atom. The zero-order chi connectivity index (χ0) is 24.8. The molecule has 3 heterocycles. The van der Waals surface area contributed by atoms with E-state index in [2.05, 4.69) is 20.4 Å². The molecule has 0 spiro atoms. The summed E-state index contributed by atoms with van der Waals surface area (Å²) < 4.78 is 16.1. The second-order valence-electron chi connectivity index (χ2n) is 7.95. The van der Waals surface area contributed by atoms with E-state index in [1.165, 1.54) is 11.3 Å². The maximum Gasteiger partial charge on any atom is 0.269 e. The number of nitrogens with zero attached hydrogens (tertiary/aromatic N) is 3. The Bertz CT molecular complexity index is 1130. The van der Waals surface area contributed by atoms with Crippen LogP contribution in [0.5, 0.6) is 17.2 Å². The summed E-state index contributed by atoms with van der Waals surface area (Å²) in [7, 11) is 4.64. The number of thiophene rings is 1. The normalized spacial score (nSPS) is 14.0. The molecule has 0 unspecified atom stereocenters. The highest BCUT2D eigenvalue weighted by molar-refractivity contribution is 7.12. The zero-order valence-corrected chi connectivity index (χ0v) is 20.8. The molecule has 0 aliphatic carbocycles. The number of aromatic amines is 1. The van der Waals surface area contributed by atoms with Gasteiger partial charge in [-0.1, -0.05) is 6.07 Å². The molecular weight excluding hydrogens is 470 g/mol. The van der Waals surface area contributed by atoms with Crippen LogP contribution in [0.25, 0.3) is 11.3 Å². The van der Waals surface area contributed by atoms with Crippen LogP contribution in [0, 0.1) is 0 Å². The Labute approximate surface area is 207 Å². The number of carbonyl (C=O) groups is 2. The van der Waals surface area contributed by atoms with Crippen LogP contribution in [-0.2, 0) is 0 Å². The van der Waals surface area contributed by atoms with E-state index >= 15 is 0 Å². The van der Waals surface area contributed by atoms with E-state index in [0.717, 1.165) is 23.5 Å². The maximum atomic E-state index is 12.6. The van der Waals surface area contributed by atoms with Gasteiger partial charge in [0.15, 0.2) is 11.5 Å². The SMILES string of the molecule is COc1cc(-c2cc(C(=O)NCCN3CCN(C(=O)c4cccs4)CC3)[nH]n2)cc(OC)c1OC. The smallest absolute Gasteiger partial charge is 0.269 e. The number of amides is 2. The third kappa shape index (κ3) is 5.57. The summed E-state index contributed by atoms with van der Waals surface area (Å²) in [4.78, 5) is 30.0. The van der Waals surface area contributed by atoms with Crippen LogP contribution in [0.15, 0.2) is 35.7 Å². The Morgan fingerprint density at radius 3 is 2.37 bits per heavy atom. The third-order valence-corrected chi connectivity index (χ3v) is 6.75.